The maximum atomic E-state index is 11.2. The van der Waals surface area contributed by atoms with Crippen molar-refractivity contribution in [2.24, 2.45) is 92.7 Å². The Labute approximate surface area is 370 Å². The number of carboxylic acid groups (broad SMARTS) is 2. The van der Waals surface area contributed by atoms with Crippen LogP contribution in [0.5, 0.6) is 0 Å². The molecule has 342 valence electrons. The summed E-state index contributed by atoms with van der Waals surface area (Å²) < 4.78 is 6.42. The molecule has 0 spiro atoms. The number of carbonyl (C=O) groups is 2. The molecule has 0 bridgehead atoms. The number of ether oxygens (including phenoxy) is 1. The molecule has 9 rings (SSSR count). The van der Waals surface area contributed by atoms with Gasteiger partial charge in [0.25, 0.3) is 0 Å². The second-order valence-corrected chi connectivity index (χ2v) is 24.2. The van der Waals surface area contributed by atoms with Crippen LogP contribution in [0.4, 0.5) is 0 Å². The minimum absolute atomic E-state index is 0.0561. The lowest BCUT2D eigenvalue weighted by Gasteiger charge is -2.61. The van der Waals surface area contributed by atoms with Gasteiger partial charge in [-0.1, -0.05) is 71.9 Å². The minimum atomic E-state index is -0.643. The number of aliphatic carboxylic acids is 2. The van der Waals surface area contributed by atoms with E-state index < -0.39 is 11.9 Å². The Morgan fingerprint density at radius 2 is 1.05 bits per heavy atom. The number of carboxylic acids is 2. The van der Waals surface area contributed by atoms with Crippen molar-refractivity contribution < 1.29 is 29.6 Å². The van der Waals surface area contributed by atoms with Gasteiger partial charge in [0.2, 0.25) is 0 Å². The smallest absolute Gasteiger partial charge is 0.303 e. The first-order valence-corrected chi connectivity index (χ1v) is 25.8. The quantitative estimate of drug-likeness (QED) is 0.205. The fraction of sp³-hybridized carbons (Fsp3) is 0.855. The summed E-state index contributed by atoms with van der Waals surface area (Å²) in [5.74, 6) is 7.96. The number of rotatable bonds is 11. The summed E-state index contributed by atoms with van der Waals surface area (Å²) in [6.07, 6.45) is 26.1. The molecule has 8 aliphatic carbocycles. The van der Waals surface area contributed by atoms with Gasteiger partial charge in [0.15, 0.2) is 0 Å². The highest BCUT2D eigenvalue weighted by Crippen LogP contribution is 2.70. The van der Waals surface area contributed by atoms with Crippen LogP contribution in [-0.2, 0) is 20.9 Å². The van der Waals surface area contributed by atoms with Crippen LogP contribution in [0.15, 0.2) is 30.3 Å². The van der Waals surface area contributed by atoms with E-state index in [0.717, 1.165) is 79.6 Å². The Hall–Kier alpha value is -1.92. The number of hydrogen-bond donors (Lipinski definition) is 3. The lowest BCUT2D eigenvalue weighted by molar-refractivity contribution is -0.140. The molecule has 0 unspecified atom stereocenters. The molecule has 61 heavy (non-hydrogen) atoms. The monoisotopic (exact) mass is 843 g/mol. The highest BCUT2D eigenvalue weighted by molar-refractivity contribution is 5.66. The van der Waals surface area contributed by atoms with E-state index >= 15 is 0 Å². The lowest BCUT2D eigenvalue weighted by atomic mass is 9.44. The summed E-state index contributed by atoms with van der Waals surface area (Å²) in [5.41, 5.74) is 3.09. The zero-order valence-corrected chi connectivity index (χ0v) is 39.3. The van der Waals surface area contributed by atoms with Crippen molar-refractivity contribution in [1.82, 2.24) is 0 Å². The topological polar surface area (TPSA) is 104 Å². The first-order chi connectivity index (χ1) is 29.1. The van der Waals surface area contributed by atoms with Crippen LogP contribution in [-0.4, -0.2) is 39.5 Å². The van der Waals surface area contributed by atoms with Gasteiger partial charge in [-0.3, -0.25) is 9.59 Å². The zero-order valence-electron chi connectivity index (χ0n) is 39.3. The number of benzene rings is 1. The summed E-state index contributed by atoms with van der Waals surface area (Å²) in [6.45, 7) is 15.8. The number of aliphatic hydroxyl groups is 1. The molecule has 1 aromatic carbocycles. The van der Waals surface area contributed by atoms with Crippen molar-refractivity contribution in [2.45, 2.75) is 202 Å². The molecule has 0 saturated heterocycles. The molecule has 3 N–H and O–H groups in total. The highest BCUT2D eigenvalue weighted by atomic mass is 16.5. The SMILES string of the molecule is C[C@H](CCC(=O)O)[C@H]1CC[C@H]2[C@@H]3CC[C@@H]4C[C@H](O)CC[C@]4(C)[C@H]3CC[C@]12C.C[C@H](CCC(=O)O)[C@H]1CC[C@H]2[C@@H]3CC[C@@H]4C[C@H](OCc5ccccc5)CC[C@]4(C)[C@H]3CC[C@]12C. The molecular formula is C55H86O6. The number of hydrogen-bond acceptors (Lipinski definition) is 4. The average Bonchev–Trinajstić information content (AvgIpc) is 3.79. The van der Waals surface area contributed by atoms with E-state index in [1.54, 1.807) is 0 Å². The van der Waals surface area contributed by atoms with Crippen LogP contribution in [0.2, 0.25) is 0 Å². The van der Waals surface area contributed by atoms with Crippen molar-refractivity contribution in [3.8, 4) is 0 Å². The van der Waals surface area contributed by atoms with E-state index in [1.807, 2.05) is 0 Å². The predicted octanol–water partition coefficient (Wildman–Crippen LogP) is 13.2. The molecule has 6 nitrogen and oxygen atoms in total. The molecule has 0 radical (unpaired) electrons. The summed E-state index contributed by atoms with van der Waals surface area (Å²) in [5, 5.41) is 28.5. The number of aliphatic hydroxyl groups excluding tert-OH is 1. The van der Waals surface area contributed by atoms with E-state index in [1.165, 1.54) is 108 Å². The zero-order chi connectivity index (χ0) is 43.3. The summed E-state index contributed by atoms with van der Waals surface area (Å²) in [6, 6.07) is 10.6. The van der Waals surface area contributed by atoms with Crippen LogP contribution in [0.25, 0.3) is 0 Å². The highest BCUT2D eigenvalue weighted by Gasteiger charge is 2.62. The van der Waals surface area contributed by atoms with Crippen molar-refractivity contribution in [3.05, 3.63) is 35.9 Å². The van der Waals surface area contributed by atoms with Gasteiger partial charge >= 0.3 is 11.9 Å². The van der Waals surface area contributed by atoms with Gasteiger partial charge in [-0.05, 0) is 227 Å². The molecule has 8 fully saturated rings. The van der Waals surface area contributed by atoms with E-state index in [0.29, 0.717) is 64.3 Å². The second-order valence-electron chi connectivity index (χ2n) is 24.2. The Balaban J connectivity index is 0.000000173. The van der Waals surface area contributed by atoms with Gasteiger partial charge in [0.05, 0.1) is 18.8 Å². The molecule has 0 amide bonds. The molecule has 0 aliphatic heterocycles. The fourth-order valence-electron chi connectivity index (χ4n) is 18.4. The van der Waals surface area contributed by atoms with Gasteiger partial charge in [-0.2, -0.15) is 0 Å². The normalized spacial score (nSPS) is 45.9. The lowest BCUT2D eigenvalue weighted by Crippen LogP contribution is -2.54. The Morgan fingerprint density at radius 3 is 1.56 bits per heavy atom. The third-order valence-electron chi connectivity index (χ3n) is 21.7. The summed E-state index contributed by atoms with van der Waals surface area (Å²) >= 11 is 0. The van der Waals surface area contributed by atoms with Crippen LogP contribution < -0.4 is 0 Å². The first kappa shape index (κ1) is 45.6. The second kappa shape index (κ2) is 18.2. The standard InChI is InChI=1S/C31H46O3.C24H40O3/c1-21(9-14-29(32)33)26-12-13-27-25-11-10-23-19-24(34-20-22-7-5-4-6-8-22)15-17-30(23,2)28(25)16-18-31(26,27)3;1-15(4-9-22(26)27)19-7-8-20-18-6-5-16-14-17(25)10-12-23(16,2)21(18)11-13-24(19,20)3/h4-8,21,23-28H,9-20H2,1-3H3,(H,32,33);15-21,25H,4-14H2,1-3H3,(H,26,27)/t21-,23-,24-,25+,26-,27+,28+,30+,31-;15-,16-,17-,18+,19-,20+,21+,23+,24-/m11/s1. The summed E-state index contributed by atoms with van der Waals surface area (Å²) in [4.78, 5) is 22.2. The van der Waals surface area contributed by atoms with Crippen LogP contribution in [0.3, 0.4) is 0 Å². The van der Waals surface area contributed by atoms with E-state index in [-0.39, 0.29) is 6.10 Å². The molecule has 1 aromatic rings. The van der Waals surface area contributed by atoms with Gasteiger partial charge in [0.1, 0.15) is 0 Å². The van der Waals surface area contributed by atoms with Crippen LogP contribution in [0.1, 0.15) is 188 Å². The maximum absolute atomic E-state index is 11.2. The van der Waals surface area contributed by atoms with E-state index in [2.05, 4.69) is 71.9 Å². The predicted molar refractivity (Wildman–Crippen MR) is 244 cm³/mol. The van der Waals surface area contributed by atoms with Gasteiger partial charge in [-0.15, -0.1) is 0 Å². The largest absolute Gasteiger partial charge is 0.481 e. The van der Waals surface area contributed by atoms with E-state index in [4.69, 9.17) is 9.84 Å². The molecule has 8 aliphatic rings. The molecule has 6 heteroatoms. The van der Waals surface area contributed by atoms with Crippen molar-refractivity contribution in [2.75, 3.05) is 0 Å². The molecule has 8 saturated carbocycles. The Kier molecular flexibility index (Phi) is 13.6. The molecule has 18 atom stereocenters. The summed E-state index contributed by atoms with van der Waals surface area (Å²) in [7, 11) is 0. The number of fused-ring (bicyclic) bond motifs is 10. The van der Waals surface area contributed by atoms with Gasteiger partial charge in [0, 0.05) is 12.8 Å². The molecule has 0 heterocycles. The average molecular weight is 843 g/mol. The third-order valence-corrected chi connectivity index (χ3v) is 21.7. The van der Waals surface area contributed by atoms with Gasteiger partial charge < -0.3 is 20.1 Å². The van der Waals surface area contributed by atoms with Crippen LogP contribution in [0, 0.1) is 92.7 Å². The van der Waals surface area contributed by atoms with Crippen molar-refractivity contribution >= 4 is 11.9 Å². The van der Waals surface area contributed by atoms with Crippen molar-refractivity contribution in [1.29, 1.82) is 0 Å². The molecular weight excluding hydrogens is 757 g/mol. The minimum Gasteiger partial charge on any atom is -0.481 e. The third kappa shape index (κ3) is 8.68. The molecule has 0 aromatic heterocycles. The Bertz CT molecular complexity index is 1660. The van der Waals surface area contributed by atoms with Crippen molar-refractivity contribution in [3.63, 3.8) is 0 Å². The first-order valence-electron chi connectivity index (χ1n) is 25.8. The Morgan fingerprint density at radius 1 is 0.590 bits per heavy atom. The maximum Gasteiger partial charge on any atom is 0.303 e. The van der Waals surface area contributed by atoms with Gasteiger partial charge in [-0.25, -0.2) is 0 Å². The van der Waals surface area contributed by atoms with Crippen LogP contribution >= 0.6 is 0 Å². The van der Waals surface area contributed by atoms with E-state index in [9.17, 15) is 19.8 Å². The fourth-order valence-corrected chi connectivity index (χ4v) is 18.4.